The Labute approximate surface area is 271 Å². The number of anilines is 4. The highest BCUT2D eigenvalue weighted by Crippen LogP contribution is 2.61. The van der Waals surface area contributed by atoms with Gasteiger partial charge in [0.2, 0.25) is 11.9 Å². The summed E-state index contributed by atoms with van der Waals surface area (Å²) >= 11 is 8.75. The highest BCUT2D eigenvalue weighted by molar-refractivity contribution is 7.88. The van der Waals surface area contributed by atoms with Crippen LogP contribution in [-0.4, -0.2) is 99.4 Å². The minimum Gasteiger partial charge on any atom is -0.387 e. The third-order valence-electron chi connectivity index (χ3n) is 7.05. The van der Waals surface area contributed by atoms with Gasteiger partial charge in [-0.25, -0.2) is 14.1 Å². The van der Waals surface area contributed by atoms with Crippen molar-refractivity contribution < 1.29 is 52.0 Å². The van der Waals surface area contributed by atoms with E-state index in [-0.39, 0.29) is 44.4 Å². The summed E-state index contributed by atoms with van der Waals surface area (Å²) in [6.45, 7) is -1.66. The molecule has 0 amide bonds. The summed E-state index contributed by atoms with van der Waals surface area (Å²) in [6, 6.07) is -0.736. The molecule has 3 aromatic heterocycles. The Bertz CT molecular complexity index is 1970. The first-order valence-electron chi connectivity index (χ1n) is 13.1. The van der Waals surface area contributed by atoms with Gasteiger partial charge in [-0.1, -0.05) is 0 Å². The smallest absolute Gasteiger partial charge is 0.387 e. The second-order valence-electron chi connectivity index (χ2n) is 10.2. The lowest BCUT2D eigenvalue weighted by Gasteiger charge is -2.41. The third kappa shape index (κ3) is 6.67. The van der Waals surface area contributed by atoms with Crippen molar-refractivity contribution >= 4 is 75.5 Å². The Balaban J connectivity index is 1.06. The molecule has 6 rings (SSSR count). The fourth-order valence-corrected chi connectivity index (χ4v) is 7.62. The van der Waals surface area contributed by atoms with Gasteiger partial charge in [0.25, 0.3) is 11.1 Å². The molecule has 3 aliphatic rings. The maximum absolute atomic E-state index is 12.6. The maximum atomic E-state index is 12.6. The monoisotopic (exact) mass is 740 g/mol. The van der Waals surface area contributed by atoms with Gasteiger partial charge in [-0.3, -0.25) is 33.2 Å². The summed E-state index contributed by atoms with van der Waals surface area (Å²) in [6.07, 6.45) is -7.25. The number of hydrogen-bond donors (Lipinski definition) is 12. The van der Waals surface area contributed by atoms with E-state index in [0.717, 1.165) is 10.9 Å². The zero-order chi connectivity index (χ0) is 34.0. The van der Waals surface area contributed by atoms with Crippen molar-refractivity contribution in [1.29, 1.82) is 0 Å². The lowest BCUT2D eigenvalue weighted by molar-refractivity contribution is -0.0506. The molecule has 0 saturated carbocycles. The number of rotatable bonds is 9. The topological polar surface area (TPSA) is 347 Å². The largest absolute Gasteiger partial charge is 0.481 e. The van der Waals surface area contributed by atoms with E-state index >= 15 is 0 Å². The van der Waals surface area contributed by atoms with Gasteiger partial charge in [-0.15, -0.1) is 25.3 Å². The lowest BCUT2D eigenvalue weighted by atomic mass is 10.1. The molecule has 256 valence electrons. The molecule has 23 nitrogen and oxygen atoms in total. The molecular formula is C20H26N10O13P2S2. The molecule has 27 heteroatoms. The minimum absolute atomic E-state index is 0.0629. The molecule has 0 aliphatic carbocycles. The Hall–Kier alpha value is -3.03. The van der Waals surface area contributed by atoms with Crippen molar-refractivity contribution in [2.75, 3.05) is 35.3 Å². The Morgan fingerprint density at radius 2 is 1.60 bits per heavy atom. The van der Waals surface area contributed by atoms with Crippen molar-refractivity contribution in [1.82, 2.24) is 29.5 Å². The number of nitrogens with two attached hydrogens (primary N) is 2. The maximum Gasteiger partial charge on any atom is 0.481 e. The number of phosphoric acid groups is 2. The van der Waals surface area contributed by atoms with Crippen LogP contribution in [0.3, 0.4) is 0 Å². The minimum atomic E-state index is -5.38. The van der Waals surface area contributed by atoms with Crippen molar-refractivity contribution in [2.45, 2.75) is 42.9 Å². The van der Waals surface area contributed by atoms with E-state index in [0.29, 0.717) is 0 Å². The van der Waals surface area contributed by atoms with Crippen LogP contribution < -0.4 is 33.2 Å². The van der Waals surface area contributed by atoms with Crippen LogP contribution in [0.25, 0.3) is 11.2 Å². The van der Waals surface area contributed by atoms with Crippen molar-refractivity contribution in [3.63, 3.8) is 0 Å². The molecule has 47 heavy (non-hydrogen) atoms. The first-order chi connectivity index (χ1) is 22.0. The Kier molecular flexibility index (Phi) is 8.97. The average molecular weight is 741 g/mol. The van der Waals surface area contributed by atoms with Crippen LogP contribution in [0.2, 0.25) is 0 Å². The van der Waals surface area contributed by atoms with Gasteiger partial charge in [-0.05, 0) is 0 Å². The van der Waals surface area contributed by atoms with Gasteiger partial charge >= 0.3 is 15.6 Å². The number of imidazole rings is 1. The standard InChI is InChI=1S/C20H26N10O13P2S2/c21-19-26-13-7(15(33)28-19)24-6-12(47)11(46)5(41-17(6)25-13)2-40-45(37,38)43-44(35,36)39-1-4-9(31)10(32)18(42-4)30-3-23-8-14(30)27-20(22)29-16(8)34/h3-6,9-10,17-18,24,31-32,46-47H,1-2H2,(H,35,36)(H,37,38)(H3,22,27,29,34)(H4,21,25,26,28,33)/t4?,5?,6?,9-,10-,17?,18-/m1/s1. The highest BCUT2D eigenvalue weighted by Gasteiger charge is 2.47. The Morgan fingerprint density at radius 3 is 2.32 bits per heavy atom. The zero-order valence-electron chi connectivity index (χ0n) is 23.2. The van der Waals surface area contributed by atoms with Crippen LogP contribution in [0.15, 0.2) is 25.7 Å². The number of aromatic amines is 2. The van der Waals surface area contributed by atoms with E-state index in [9.17, 15) is 38.7 Å². The van der Waals surface area contributed by atoms with Crippen LogP contribution in [0.1, 0.15) is 6.23 Å². The number of ether oxygens (including phenoxy) is 2. The second-order valence-corrected chi connectivity index (χ2v) is 14.2. The van der Waals surface area contributed by atoms with Crippen LogP contribution in [0.4, 0.5) is 23.4 Å². The highest BCUT2D eigenvalue weighted by atomic mass is 32.1. The van der Waals surface area contributed by atoms with Gasteiger partial charge in [0, 0.05) is 9.81 Å². The number of thiol groups is 2. The number of nitrogens with one attached hydrogen (secondary N) is 4. The molecule has 0 spiro atoms. The normalized spacial score (nSPS) is 29.8. The third-order valence-corrected chi connectivity index (χ3v) is 10.9. The molecule has 0 radical (unpaired) electrons. The predicted molar refractivity (Wildman–Crippen MR) is 165 cm³/mol. The van der Waals surface area contributed by atoms with Crippen molar-refractivity contribution in [3.05, 3.63) is 36.8 Å². The van der Waals surface area contributed by atoms with Crippen LogP contribution in [0, 0.1) is 0 Å². The molecule has 3 aromatic rings. The molecule has 6 heterocycles. The number of phosphoric ester groups is 2. The summed E-state index contributed by atoms with van der Waals surface area (Å²) in [7, 11) is -10.7. The molecular weight excluding hydrogens is 714 g/mol. The predicted octanol–water partition coefficient (Wildman–Crippen LogP) is -2.06. The molecule has 1 saturated heterocycles. The molecule has 0 bridgehead atoms. The number of nitrogens with zero attached hydrogens (tertiary/aromatic N) is 4. The van der Waals surface area contributed by atoms with E-state index < -0.39 is 82.9 Å². The molecule has 9 atom stereocenters. The van der Waals surface area contributed by atoms with Crippen molar-refractivity contribution in [3.8, 4) is 0 Å². The summed E-state index contributed by atoms with van der Waals surface area (Å²) in [5.41, 5.74) is 9.76. The average Bonchev–Trinajstić information content (AvgIpc) is 3.52. The van der Waals surface area contributed by atoms with Crippen LogP contribution in [0.5, 0.6) is 0 Å². The Morgan fingerprint density at radius 1 is 0.936 bits per heavy atom. The van der Waals surface area contributed by atoms with Crippen molar-refractivity contribution in [2.24, 2.45) is 0 Å². The van der Waals surface area contributed by atoms with E-state index in [1.54, 1.807) is 0 Å². The van der Waals surface area contributed by atoms with Gasteiger partial charge in [-0.2, -0.15) is 14.3 Å². The van der Waals surface area contributed by atoms with Gasteiger partial charge < -0.3 is 51.6 Å². The number of aliphatic hydroxyl groups is 2. The summed E-state index contributed by atoms with van der Waals surface area (Å²) in [4.78, 5) is 61.4. The molecule has 6 unspecified atom stereocenters. The SMILES string of the molecule is Nc1nc2c(c(=O)[nH]1)NC1C(S)=C(S)C(COP(=O)(O)OP(=O)(O)OCC3O[C@@H](n4cnc5c(=O)[nH]c(N)nc54)[C@H](O)[C@@H]3O)OC1N2. The zero-order valence-corrected chi connectivity index (χ0v) is 26.8. The molecule has 3 aliphatic heterocycles. The fraction of sp³-hybridized carbons (Fsp3) is 0.450. The first-order valence-corrected chi connectivity index (χ1v) is 17.0. The number of hydrogen-bond acceptors (Lipinski definition) is 20. The molecule has 0 aromatic carbocycles. The first kappa shape index (κ1) is 33.9. The number of H-pyrrole nitrogens is 2. The fourth-order valence-electron chi connectivity index (χ4n) is 4.92. The number of aliphatic hydroxyl groups excluding tert-OH is 2. The quantitative estimate of drug-likeness (QED) is 0.0828. The number of nitrogen functional groups attached to an aromatic ring is 2. The van der Waals surface area contributed by atoms with E-state index in [1.165, 1.54) is 0 Å². The van der Waals surface area contributed by atoms with Gasteiger partial charge in [0.15, 0.2) is 29.4 Å². The number of aromatic nitrogens is 6. The molecule has 1 fully saturated rings. The van der Waals surface area contributed by atoms with Gasteiger partial charge in [0.05, 0.1) is 19.5 Å². The van der Waals surface area contributed by atoms with E-state index in [2.05, 4.69) is 65.1 Å². The van der Waals surface area contributed by atoms with Crippen LogP contribution in [-0.2, 0) is 32.0 Å². The summed E-state index contributed by atoms with van der Waals surface area (Å²) < 4.78 is 51.6. The van der Waals surface area contributed by atoms with Gasteiger partial charge in [0.1, 0.15) is 36.1 Å². The van der Waals surface area contributed by atoms with E-state index in [4.69, 9.17) is 30.0 Å². The number of fused-ring (bicyclic) bond motifs is 3. The second kappa shape index (κ2) is 12.5. The molecule has 12 N–H and O–H groups in total. The summed E-state index contributed by atoms with van der Waals surface area (Å²) in [5, 5.41) is 26.8. The van der Waals surface area contributed by atoms with E-state index in [1.807, 2.05) is 0 Å². The lowest BCUT2D eigenvalue weighted by Crippen LogP contribution is -2.52. The van der Waals surface area contributed by atoms with Crippen LogP contribution >= 0.6 is 40.9 Å². The summed E-state index contributed by atoms with van der Waals surface area (Å²) in [5.74, 6) is -0.358.